The Morgan fingerprint density at radius 2 is 1.88 bits per heavy atom. The molecule has 1 unspecified atom stereocenters. The third-order valence-electron chi connectivity index (χ3n) is 4.20. The summed E-state index contributed by atoms with van der Waals surface area (Å²) in [4.78, 5) is 17.3. The maximum Gasteiger partial charge on any atom is 0.246 e. The molecular formula is C19H22N2O2S. The van der Waals surface area contributed by atoms with Gasteiger partial charge in [0.2, 0.25) is 5.91 Å². The number of aliphatic hydroxyl groups excluding tert-OH is 1. The van der Waals surface area contributed by atoms with Crippen LogP contribution >= 0.6 is 11.3 Å². The van der Waals surface area contributed by atoms with E-state index in [1.807, 2.05) is 58.8 Å². The number of hydrogen-bond acceptors (Lipinski definition) is 4. The van der Waals surface area contributed by atoms with Crippen LogP contribution in [0.1, 0.15) is 16.5 Å². The molecule has 1 saturated heterocycles. The topological polar surface area (TPSA) is 43.8 Å². The zero-order chi connectivity index (χ0) is 16.8. The van der Waals surface area contributed by atoms with Crippen LogP contribution in [0.2, 0.25) is 0 Å². The fraction of sp³-hybridized carbons (Fsp3) is 0.316. The molecule has 126 valence electrons. The third-order valence-corrected chi connectivity index (χ3v) is 5.18. The largest absolute Gasteiger partial charge is 0.386 e. The molecule has 24 heavy (non-hydrogen) atoms. The summed E-state index contributed by atoms with van der Waals surface area (Å²) in [5, 5.41) is 12.2. The van der Waals surface area contributed by atoms with E-state index in [1.165, 1.54) is 0 Å². The molecule has 1 aromatic carbocycles. The van der Waals surface area contributed by atoms with Crippen molar-refractivity contribution in [1.82, 2.24) is 9.80 Å². The van der Waals surface area contributed by atoms with E-state index in [2.05, 4.69) is 4.90 Å². The number of amides is 1. The van der Waals surface area contributed by atoms with E-state index in [0.717, 1.165) is 23.5 Å². The van der Waals surface area contributed by atoms with Gasteiger partial charge in [0.25, 0.3) is 0 Å². The van der Waals surface area contributed by atoms with E-state index in [0.29, 0.717) is 19.6 Å². The zero-order valence-electron chi connectivity index (χ0n) is 13.5. The molecule has 0 aliphatic carbocycles. The maximum absolute atomic E-state index is 12.3. The van der Waals surface area contributed by atoms with Crippen LogP contribution in [0.5, 0.6) is 0 Å². The molecule has 4 nitrogen and oxygen atoms in total. The van der Waals surface area contributed by atoms with Crippen LogP contribution in [0.25, 0.3) is 6.08 Å². The summed E-state index contributed by atoms with van der Waals surface area (Å²) in [5.41, 5.74) is 1.03. The number of hydrogen-bond donors (Lipinski definition) is 1. The van der Waals surface area contributed by atoms with Crippen LogP contribution in [0.3, 0.4) is 0 Å². The first kappa shape index (κ1) is 16.9. The molecule has 0 bridgehead atoms. The highest BCUT2D eigenvalue weighted by atomic mass is 32.1. The number of β-amino-alcohol motifs (C(OH)–C–C–N with tert-alkyl or cyclic N) is 1. The Morgan fingerprint density at radius 3 is 2.54 bits per heavy atom. The first-order valence-corrected chi connectivity index (χ1v) is 9.06. The molecule has 1 aromatic heterocycles. The molecule has 2 heterocycles. The minimum atomic E-state index is -0.440. The van der Waals surface area contributed by atoms with Crippen molar-refractivity contribution >= 4 is 23.3 Å². The van der Waals surface area contributed by atoms with Gasteiger partial charge in [-0.25, -0.2) is 0 Å². The van der Waals surface area contributed by atoms with Crippen LogP contribution in [0.4, 0.5) is 0 Å². The summed E-state index contributed by atoms with van der Waals surface area (Å²) >= 11 is 1.58. The Kier molecular flexibility index (Phi) is 5.80. The van der Waals surface area contributed by atoms with Crippen molar-refractivity contribution in [2.45, 2.75) is 6.10 Å². The van der Waals surface area contributed by atoms with Crippen LogP contribution in [-0.2, 0) is 4.79 Å². The van der Waals surface area contributed by atoms with Crippen molar-refractivity contribution in [3.8, 4) is 0 Å². The maximum atomic E-state index is 12.3. The number of piperazine rings is 1. The zero-order valence-corrected chi connectivity index (χ0v) is 14.4. The lowest BCUT2D eigenvalue weighted by Gasteiger charge is -2.35. The first-order valence-electron chi connectivity index (χ1n) is 8.18. The lowest BCUT2D eigenvalue weighted by Crippen LogP contribution is -2.49. The normalized spacial score (nSPS) is 17.3. The second-order valence-electron chi connectivity index (χ2n) is 5.90. The van der Waals surface area contributed by atoms with Crippen LogP contribution < -0.4 is 0 Å². The number of carbonyl (C=O) groups is 1. The van der Waals surface area contributed by atoms with Crippen LogP contribution in [0, 0.1) is 0 Å². The molecule has 2 aromatic rings. The van der Waals surface area contributed by atoms with Crippen molar-refractivity contribution in [1.29, 1.82) is 0 Å². The smallest absolute Gasteiger partial charge is 0.246 e. The van der Waals surface area contributed by atoms with Crippen molar-refractivity contribution in [2.75, 3.05) is 32.7 Å². The molecule has 0 saturated carbocycles. The first-order chi connectivity index (χ1) is 11.7. The lowest BCUT2D eigenvalue weighted by atomic mass is 10.2. The van der Waals surface area contributed by atoms with Crippen molar-refractivity contribution in [3.63, 3.8) is 0 Å². The molecule has 1 aliphatic heterocycles. The third kappa shape index (κ3) is 4.54. The molecule has 1 amide bonds. The van der Waals surface area contributed by atoms with Gasteiger partial charge in [0.05, 0.1) is 0 Å². The molecule has 1 N–H and O–H groups in total. The average molecular weight is 342 g/mol. The molecule has 1 atom stereocenters. The summed E-state index contributed by atoms with van der Waals surface area (Å²) in [7, 11) is 0. The minimum absolute atomic E-state index is 0.0531. The van der Waals surface area contributed by atoms with E-state index in [9.17, 15) is 9.90 Å². The number of benzene rings is 1. The Bertz CT molecular complexity index is 662. The Labute approximate surface area is 146 Å². The van der Waals surface area contributed by atoms with Gasteiger partial charge in [0.1, 0.15) is 6.10 Å². The van der Waals surface area contributed by atoms with Crippen molar-refractivity contribution in [3.05, 3.63) is 64.4 Å². The highest BCUT2D eigenvalue weighted by Crippen LogP contribution is 2.20. The lowest BCUT2D eigenvalue weighted by molar-refractivity contribution is -0.127. The Hall–Kier alpha value is -1.95. The molecule has 1 fully saturated rings. The fourth-order valence-electron chi connectivity index (χ4n) is 2.80. The quantitative estimate of drug-likeness (QED) is 0.850. The van der Waals surface area contributed by atoms with Gasteiger partial charge in [-0.15, -0.1) is 11.3 Å². The van der Waals surface area contributed by atoms with Gasteiger partial charge in [-0.05, 0) is 23.1 Å². The van der Waals surface area contributed by atoms with Gasteiger partial charge in [0, 0.05) is 43.7 Å². The predicted octanol–water partition coefficient (Wildman–Crippen LogP) is 2.64. The van der Waals surface area contributed by atoms with E-state index in [4.69, 9.17) is 0 Å². The van der Waals surface area contributed by atoms with Gasteiger partial charge in [-0.1, -0.05) is 36.4 Å². The number of thiophene rings is 1. The highest BCUT2D eigenvalue weighted by molar-refractivity contribution is 7.10. The summed E-state index contributed by atoms with van der Waals surface area (Å²) < 4.78 is 0. The van der Waals surface area contributed by atoms with Crippen LogP contribution in [0.15, 0.2) is 53.9 Å². The van der Waals surface area contributed by atoms with Crippen LogP contribution in [-0.4, -0.2) is 53.5 Å². The molecule has 1 aliphatic rings. The number of aliphatic hydroxyl groups is 1. The SMILES string of the molecule is O=C(C=Cc1ccccc1)N1CCN(CC(O)c2cccs2)CC1. The summed E-state index contributed by atoms with van der Waals surface area (Å²) in [6.07, 6.45) is 3.06. The van der Waals surface area contributed by atoms with E-state index in [1.54, 1.807) is 17.4 Å². The molecule has 3 rings (SSSR count). The van der Waals surface area contributed by atoms with Crippen molar-refractivity contribution in [2.24, 2.45) is 0 Å². The van der Waals surface area contributed by atoms with Gasteiger partial charge in [0.15, 0.2) is 0 Å². The van der Waals surface area contributed by atoms with E-state index >= 15 is 0 Å². The fourth-order valence-corrected chi connectivity index (χ4v) is 3.51. The molecule has 0 radical (unpaired) electrons. The monoisotopic (exact) mass is 342 g/mol. The Morgan fingerprint density at radius 1 is 1.12 bits per heavy atom. The second-order valence-corrected chi connectivity index (χ2v) is 6.88. The van der Waals surface area contributed by atoms with E-state index in [-0.39, 0.29) is 5.91 Å². The number of rotatable bonds is 5. The summed E-state index contributed by atoms with van der Waals surface area (Å²) in [6.45, 7) is 3.63. The summed E-state index contributed by atoms with van der Waals surface area (Å²) in [6, 6.07) is 13.8. The van der Waals surface area contributed by atoms with Gasteiger partial charge in [-0.2, -0.15) is 0 Å². The molecular weight excluding hydrogens is 320 g/mol. The van der Waals surface area contributed by atoms with E-state index < -0.39 is 6.10 Å². The molecule has 5 heteroatoms. The second kappa shape index (κ2) is 8.24. The Balaban J connectivity index is 1.46. The van der Waals surface area contributed by atoms with Gasteiger partial charge >= 0.3 is 0 Å². The highest BCUT2D eigenvalue weighted by Gasteiger charge is 2.22. The van der Waals surface area contributed by atoms with Crippen molar-refractivity contribution < 1.29 is 9.90 Å². The molecule has 0 spiro atoms. The van der Waals surface area contributed by atoms with Gasteiger partial charge in [-0.3, -0.25) is 9.69 Å². The standard InChI is InChI=1S/C19H22N2O2S/c22-17(18-7-4-14-24-18)15-20-10-12-21(13-11-20)19(23)9-8-16-5-2-1-3-6-16/h1-9,14,17,22H,10-13,15H2. The number of carbonyl (C=O) groups excluding carboxylic acids is 1. The summed E-state index contributed by atoms with van der Waals surface area (Å²) in [5.74, 6) is 0.0531. The van der Waals surface area contributed by atoms with Gasteiger partial charge < -0.3 is 10.0 Å². The predicted molar refractivity (Wildman–Crippen MR) is 97.8 cm³/mol. The average Bonchev–Trinajstić information content (AvgIpc) is 3.16. The minimum Gasteiger partial charge on any atom is -0.386 e. The number of nitrogens with zero attached hydrogens (tertiary/aromatic N) is 2.